The first-order valence-electron chi connectivity index (χ1n) is 14.1. The van der Waals surface area contributed by atoms with Crippen molar-refractivity contribution in [1.29, 1.82) is 0 Å². The Kier molecular flexibility index (Phi) is 11.0. The molecule has 254 valence electrons. The van der Waals surface area contributed by atoms with Crippen LogP contribution >= 0.6 is 0 Å². The van der Waals surface area contributed by atoms with Crippen molar-refractivity contribution in [3.05, 3.63) is 108 Å². The zero-order valence-corrected chi connectivity index (χ0v) is 25.6. The minimum absolute atomic E-state index is 0.00114. The van der Waals surface area contributed by atoms with Crippen molar-refractivity contribution in [3.8, 4) is 16.9 Å². The monoisotopic (exact) mass is 679 g/mol. The number of nitrogens with one attached hydrogen (secondary N) is 2. The number of carbonyl (C=O) groups is 3. The topological polar surface area (TPSA) is 213 Å². The van der Waals surface area contributed by atoms with Crippen LogP contribution in [0.2, 0.25) is 0 Å². The van der Waals surface area contributed by atoms with Gasteiger partial charge in [0.2, 0.25) is 5.95 Å². The highest BCUT2D eigenvalue weighted by molar-refractivity contribution is 6.05. The van der Waals surface area contributed by atoms with Crippen LogP contribution < -0.4 is 10.6 Å². The number of aliphatic hydroxyl groups excluding tert-OH is 2. The van der Waals surface area contributed by atoms with Crippen LogP contribution in [0, 0.1) is 13.8 Å². The summed E-state index contributed by atoms with van der Waals surface area (Å²) in [6.07, 6.45) is -1.15. The SMILES string of the molecule is Cc1cn(-c2cc(NC(=O)c3ccc(C)c(Nc4nccc(-c5cccnc5)n4)c3)cc(C(F)(F)F)c2)cn1.O=C(O)C(O)C(O)C(=O)O. The molecule has 5 aromatic rings. The lowest BCUT2D eigenvalue weighted by molar-refractivity contribution is -0.165. The summed E-state index contributed by atoms with van der Waals surface area (Å²) in [6.45, 7) is 3.58. The summed E-state index contributed by atoms with van der Waals surface area (Å²) in [5, 5.41) is 38.2. The highest BCUT2D eigenvalue weighted by Gasteiger charge is 2.32. The van der Waals surface area contributed by atoms with E-state index in [-0.39, 0.29) is 16.9 Å². The van der Waals surface area contributed by atoms with Gasteiger partial charge in [0.1, 0.15) is 0 Å². The number of pyridine rings is 1. The van der Waals surface area contributed by atoms with Gasteiger partial charge in [-0.25, -0.2) is 24.5 Å². The molecule has 49 heavy (non-hydrogen) atoms. The predicted octanol–water partition coefficient (Wildman–Crippen LogP) is 4.23. The number of benzene rings is 2. The number of carbonyl (C=O) groups excluding carboxylic acids is 1. The third-order valence-corrected chi connectivity index (χ3v) is 6.68. The molecule has 6 N–H and O–H groups in total. The molecule has 0 saturated heterocycles. The van der Waals surface area contributed by atoms with E-state index in [0.29, 0.717) is 23.0 Å². The summed E-state index contributed by atoms with van der Waals surface area (Å²) in [6, 6.07) is 13.7. The van der Waals surface area contributed by atoms with Crippen molar-refractivity contribution >= 4 is 35.2 Å². The Morgan fingerprint density at radius 3 is 2.20 bits per heavy atom. The number of imidazole rings is 1. The molecule has 1 amide bonds. The number of anilines is 3. The molecule has 3 heterocycles. The highest BCUT2D eigenvalue weighted by atomic mass is 19.4. The van der Waals surface area contributed by atoms with Gasteiger partial charge in [0, 0.05) is 53.0 Å². The van der Waals surface area contributed by atoms with Crippen molar-refractivity contribution in [1.82, 2.24) is 24.5 Å². The van der Waals surface area contributed by atoms with Crippen molar-refractivity contribution < 1.29 is 48.0 Å². The minimum atomic E-state index is -4.60. The molecular formula is C32H28F3N7O7. The Hall–Kier alpha value is -6.20. The van der Waals surface area contributed by atoms with Crippen molar-refractivity contribution in [3.63, 3.8) is 0 Å². The Morgan fingerprint density at radius 2 is 1.61 bits per heavy atom. The van der Waals surface area contributed by atoms with Gasteiger partial charge in [-0.15, -0.1) is 0 Å². The number of halogens is 3. The van der Waals surface area contributed by atoms with Crippen LogP contribution in [-0.2, 0) is 15.8 Å². The molecule has 0 aliphatic carbocycles. The number of aromatic nitrogens is 5. The van der Waals surface area contributed by atoms with Gasteiger partial charge < -0.3 is 35.6 Å². The summed E-state index contributed by atoms with van der Waals surface area (Å²) in [7, 11) is 0. The van der Waals surface area contributed by atoms with Gasteiger partial charge in [0.25, 0.3) is 5.91 Å². The summed E-state index contributed by atoms with van der Waals surface area (Å²) >= 11 is 0. The first-order valence-corrected chi connectivity index (χ1v) is 14.1. The third kappa shape index (κ3) is 9.43. The molecule has 0 radical (unpaired) electrons. The minimum Gasteiger partial charge on any atom is -0.479 e. The Labute approximate surface area is 275 Å². The average molecular weight is 680 g/mol. The molecule has 0 aliphatic heterocycles. The lowest BCUT2D eigenvalue weighted by atomic mass is 10.1. The maximum atomic E-state index is 13.6. The maximum absolute atomic E-state index is 13.6. The Bertz CT molecular complexity index is 1950. The summed E-state index contributed by atoms with van der Waals surface area (Å²) in [5.41, 5.74) is 3.09. The number of hydrogen-bond donors (Lipinski definition) is 6. The first-order chi connectivity index (χ1) is 23.1. The molecule has 2 aromatic carbocycles. The second kappa shape index (κ2) is 15.1. The number of amides is 1. The van der Waals surface area contributed by atoms with Crippen molar-refractivity contribution in [2.75, 3.05) is 10.6 Å². The van der Waals surface area contributed by atoms with E-state index >= 15 is 0 Å². The van der Waals surface area contributed by atoms with E-state index in [0.717, 1.165) is 23.3 Å². The lowest BCUT2D eigenvalue weighted by Gasteiger charge is -2.14. The molecule has 0 fully saturated rings. The molecule has 14 nitrogen and oxygen atoms in total. The van der Waals surface area contributed by atoms with Gasteiger partial charge >= 0.3 is 18.1 Å². The largest absolute Gasteiger partial charge is 0.479 e. The fraction of sp³-hybridized carbons (Fsp3) is 0.156. The second-order valence-corrected chi connectivity index (χ2v) is 10.4. The number of nitrogens with zero attached hydrogens (tertiary/aromatic N) is 5. The molecule has 2 unspecified atom stereocenters. The summed E-state index contributed by atoms with van der Waals surface area (Å²) < 4.78 is 42.3. The molecule has 0 spiro atoms. The first kappa shape index (κ1) is 35.7. The Morgan fingerprint density at radius 1 is 0.898 bits per heavy atom. The van der Waals surface area contributed by atoms with Crippen LogP contribution in [0.4, 0.5) is 30.5 Å². The van der Waals surface area contributed by atoms with Gasteiger partial charge in [-0.3, -0.25) is 9.78 Å². The van der Waals surface area contributed by atoms with Crippen LogP contribution in [-0.4, -0.2) is 75.0 Å². The van der Waals surface area contributed by atoms with E-state index in [1.165, 1.54) is 17.0 Å². The maximum Gasteiger partial charge on any atom is 0.416 e. The molecular weight excluding hydrogens is 651 g/mol. The second-order valence-electron chi connectivity index (χ2n) is 10.4. The van der Waals surface area contributed by atoms with Crippen molar-refractivity contribution in [2.24, 2.45) is 0 Å². The van der Waals surface area contributed by atoms with Gasteiger partial charge in [-0.05, 0) is 67.9 Å². The quantitative estimate of drug-likeness (QED) is 0.129. The number of carboxylic acid groups (broad SMARTS) is 2. The fourth-order valence-corrected chi connectivity index (χ4v) is 4.14. The van der Waals surface area contributed by atoms with E-state index in [4.69, 9.17) is 20.4 Å². The fourth-order valence-electron chi connectivity index (χ4n) is 4.14. The van der Waals surface area contributed by atoms with Crippen molar-refractivity contribution in [2.45, 2.75) is 32.2 Å². The van der Waals surface area contributed by atoms with Crippen LogP contribution in [0.5, 0.6) is 0 Å². The van der Waals surface area contributed by atoms with E-state index in [9.17, 15) is 27.6 Å². The average Bonchev–Trinajstić information content (AvgIpc) is 3.51. The molecule has 17 heteroatoms. The number of aryl methyl sites for hydroxylation is 2. The van der Waals surface area contributed by atoms with Crippen LogP contribution in [0.25, 0.3) is 16.9 Å². The van der Waals surface area contributed by atoms with Crippen LogP contribution in [0.1, 0.15) is 27.2 Å². The lowest BCUT2D eigenvalue weighted by Crippen LogP contribution is -2.39. The molecule has 5 rings (SSSR count). The number of hydrogen-bond acceptors (Lipinski definition) is 10. The van der Waals surface area contributed by atoms with Gasteiger partial charge in [0.05, 0.1) is 23.3 Å². The number of alkyl halides is 3. The number of aliphatic carboxylic acids is 2. The zero-order valence-electron chi connectivity index (χ0n) is 25.6. The summed E-state index contributed by atoms with van der Waals surface area (Å²) in [5.74, 6) is -3.80. The van der Waals surface area contributed by atoms with Gasteiger partial charge in [0.15, 0.2) is 12.2 Å². The number of aliphatic hydroxyl groups is 2. The van der Waals surface area contributed by atoms with E-state index in [1.54, 1.807) is 62.0 Å². The van der Waals surface area contributed by atoms with E-state index in [1.807, 2.05) is 13.0 Å². The van der Waals surface area contributed by atoms with Crippen LogP contribution in [0.15, 0.2) is 85.7 Å². The molecule has 0 saturated carbocycles. The molecule has 0 aliphatic rings. The van der Waals surface area contributed by atoms with Gasteiger partial charge in [-0.2, -0.15) is 13.2 Å². The van der Waals surface area contributed by atoms with Gasteiger partial charge in [-0.1, -0.05) is 6.07 Å². The number of carboxylic acids is 2. The van der Waals surface area contributed by atoms with E-state index in [2.05, 4.69) is 30.6 Å². The number of rotatable bonds is 9. The predicted molar refractivity (Wildman–Crippen MR) is 168 cm³/mol. The normalized spacial score (nSPS) is 12.2. The standard InChI is InChI=1S/C28H22F3N7O.C4H6O6/c1-17-5-6-19(10-25(17)37-27-33-9-7-24(36-27)20-4-3-8-32-14-20)26(39)35-22-11-21(28(29,30)31)12-23(13-22)38-15-18(2)34-16-38;5-1(3(7)8)2(6)4(9)10/h3-16H,1-2H3,(H,35,39)(H,33,36,37);1-2,5-6H,(H,7,8)(H,9,10). The molecule has 2 atom stereocenters. The zero-order chi connectivity index (χ0) is 35.9. The van der Waals surface area contributed by atoms with E-state index < -0.39 is 41.8 Å². The highest BCUT2D eigenvalue weighted by Crippen LogP contribution is 2.33. The Balaban J connectivity index is 0.000000471. The smallest absolute Gasteiger partial charge is 0.416 e. The summed E-state index contributed by atoms with van der Waals surface area (Å²) in [4.78, 5) is 49.6. The van der Waals surface area contributed by atoms with Crippen LogP contribution in [0.3, 0.4) is 0 Å². The molecule has 3 aromatic heterocycles. The third-order valence-electron chi connectivity index (χ3n) is 6.68. The molecule has 0 bridgehead atoms.